The minimum absolute atomic E-state index is 0.0207. The molecule has 0 spiro atoms. The summed E-state index contributed by atoms with van der Waals surface area (Å²) in [6.45, 7) is 4.34. The zero-order valence-corrected chi connectivity index (χ0v) is 20.7. The first-order chi connectivity index (χ1) is 16.9. The molecule has 0 saturated heterocycles. The third-order valence-corrected chi connectivity index (χ3v) is 6.43. The number of hydrogen-bond donors (Lipinski definition) is 1. The van der Waals surface area contributed by atoms with Crippen molar-refractivity contribution in [1.82, 2.24) is 0 Å². The summed E-state index contributed by atoms with van der Waals surface area (Å²) in [6, 6.07) is 20.8. The lowest BCUT2D eigenvalue weighted by atomic mass is 9.94. The molecule has 0 saturated carbocycles. The first-order valence-electron chi connectivity index (χ1n) is 11.2. The maximum absolute atomic E-state index is 13.7. The topological polar surface area (TPSA) is 80.0 Å². The molecule has 1 aromatic heterocycles. The van der Waals surface area contributed by atoms with Crippen LogP contribution in [0.4, 0.5) is 5.69 Å². The van der Waals surface area contributed by atoms with E-state index in [0.29, 0.717) is 29.2 Å². The van der Waals surface area contributed by atoms with Crippen molar-refractivity contribution in [3.05, 3.63) is 105 Å². The van der Waals surface area contributed by atoms with Gasteiger partial charge in [0.05, 0.1) is 18.2 Å². The highest BCUT2D eigenvalue weighted by molar-refractivity contribution is 9.10. The molecule has 3 aromatic carbocycles. The van der Waals surface area contributed by atoms with Crippen molar-refractivity contribution in [2.75, 3.05) is 11.5 Å². The second-order valence-electron chi connectivity index (χ2n) is 8.30. The molecule has 1 aliphatic heterocycles. The van der Waals surface area contributed by atoms with Gasteiger partial charge in [-0.3, -0.25) is 14.5 Å². The first kappa shape index (κ1) is 22.9. The predicted molar refractivity (Wildman–Crippen MR) is 137 cm³/mol. The van der Waals surface area contributed by atoms with Crippen molar-refractivity contribution in [2.24, 2.45) is 0 Å². The molecular formula is C28H22BrNO5. The van der Waals surface area contributed by atoms with Crippen LogP contribution in [0.2, 0.25) is 0 Å². The van der Waals surface area contributed by atoms with Crippen molar-refractivity contribution in [1.29, 1.82) is 0 Å². The molecule has 6 nitrogen and oxygen atoms in total. The molecule has 1 unspecified atom stereocenters. The van der Waals surface area contributed by atoms with E-state index in [4.69, 9.17) is 9.15 Å². The van der Waals surface area contributed by atoms with E-state index < -0.39 is 23.5 Å². The molecule has 5 rings (SSSR count). The molecule has 0 aliphatic carbocycles. The number of aliphatic hydroxyl groups is 1. The van der Waals surface area contributed by atoms with E-state index in [1.807, 2.05) is 50.2 Å². The van der Waals surface area contributed by atoms with E-state index >= 15 is 0 Å². The number of ketones is 1. The number of aryl methyl sites for hydroxylation is 1. The smallest absolute Gasteiger partial charge is 0.294 e. The number of rotatable bonds is 6. The summed E-state index contributed by atoms with van der Waals surface area (Å²) in [4.78, 5) is 28.5. The van der Waals surface area contributed by atoms with Crippen LogP contribution in [-0.2, 0) is 4.79 Å². The number of halogens is 1. The van der Waals surface area contributed by atoms with Crippen LogP contribution < -0.4 is 9.64 Å². The first-order valence-corrected chi connectivity index (χ1v) is 12.0. The van der Waals surface area contributed by atoms with Crippen molar-refractivity contribution in [3.8, 4) is 5.75 Å². The summed E-state index contributed by atoms with van der Waals surface area (Å²) in [7, 11) is 0. The Labute approximate surface area is 210 Å². The summed E-state index contributed by atoms with van der Waals surface area (Å²) in [5, 5.41) is 11.7. The van der Waals surface area contributed by atoms with Gasteiger partial charge in [0, 0.05) is 15.5 Å². The monoisotopic (exact) mass is 531 g/mol. The summed E-state index contributed by atoms with van der Waals surface area (Å²) in [6.07, 6.45) is 0. The number of amides is 1. The molecule has 0 radical (unpaired) electrons. The van der Waals surface area contributed by atoms with Crippen molar-refractivity contribution >= 4 is 44.3 Å². The van der Waals surface area contributed by atoms with Crippen molar-refractivity contribution in [3.63, 3.8) is 0 Å². The maximum atomic E-state index is 13.7. The maximum Gasteiger partial charge on any atom is 0.294 e. The Bertz CT molecular complexity index is 1490. The fourth-order valence-corrected chi connectivity index (χ4v) is 4.77. The molecule has 1 amide bonds. The number of anilines is 1. The number of carbonyl (C=O) groups is 2. The minimum Gasteiger partial charge on any atom is -0.503 e. The summed E-state index contributed by atoms with van der Waals surface area (Å²) in [5.74, 6) is -1.06. The number of benzene rings is 3. The SMILES string of the molecule is CCOc1ccc(N2C(=O)C(O)=C(C(=O)c3cc4cc(Br)ccc4o3)C2c2cccc(C)c2)cc1. The number of fused-ring (bicyclic) bond motifs is 1. The van der Waals surface area contributed by atoms with Crippen LogP contribution in [0.25, 0.3) is 11.0 Å². The quantitative estimate of drug-likeness (QED) is 0.280. The van der Waals surface area contributed by atoms with Crippen molar-refractivity contribution in [2.45, 2.75) is 19.9 Å². The third-order valence-electron chi connectivity index (χ3n) is 5.94. The van der Waals surface area contributed by atoms with Gasteiger partial charge in [0.25, 0.3) is 5.91 Å². The highest BCUT2D eigenvalue weighted by atomic mass is 79.9. The van der Waals surface area contributed by atoms with Crippen LogP contribution in [0, 0.1) is 6.92 Å². The molecule has 2 heterocycles. The van der Waals surface area contributed by atoms with Gasteiger partial charge in [-0.2, -0.15) is 0 Å². The van der Waals surface area contributed by atoms with Crippen LogP contribution in [0.1, 0.15) is 34.6 Å². The number of nitrogens with zero attached hydrogens (tertiary/aromatic N) is 1. The molecule has 1 atom stereocenters. The van der Waals surface area contributed by atoms with E-state index in [9.17, 15) is 14.7 Å². The van der Waals surface area contributed by atoms with Crippen LogP contribution >= 0.6 is 15.9 Å². The molecule has 176 valence electrons. The summed E-state index contributed by atoms with van der Waals surface area (Å²) < 4.78 is 12.2. The Hall–Kier alpha value is -3.84. The van der Waals surface area contributed by atoms with Gasteiger partial charge in [-0.25, -0.2) is 0 Å². The fourth-order valence-electron chi connectivity index (χ4n) is 4.39. The van der Waals surface area contributed by atoms with E-state index in [2.05, 4.69) is 15.9 Å². The van der Waals surface area contributed by atoms with E-state index in [0.717, 1.165) is 15.4 Å². The normalized spacial score (nSPS) is 15.8. The van der Waals surface area contributed by atoms with Crippen LogP contribution in [0.15, 0.2) is 93.0 Å². The fraction of sp³-hybridized carbons (Fsp3) is 0.143. The van der Waals surface area contributed by atoms with Crippen LogP contribution in [0.5, 0.6) is 5.75 Å². The Kier molecular flexibility index (Phi) is 5.94. The van der Waals surface area contributed by atoms with E-state index in [1.165, 1.54) is 4.90 Å². The van der Waals surface area contributed by atoms with Crippen LogP contribution in [0.3, 0.4) is 0 Å². The highest BCUT2D eigenvalue weighted by Gasteiger charge is 2.45. The molecule has 4 aromatic rings. The number of hydrogen-bond acceptors (Lipinski definition) is 5. The Morgan fingerprint density at radius 2 is 1.86 bits per heavy atom. The van der Waals surface area contributed by atoms with Gasteiger partial charge in [0.1, 0.15) is 11.3 Å². The molecule has 1 N–H and O–H groups in total. The van der Waals surface area contributed by atoms with Gasteiger partial charge in [-0.15, -0.1) is 0 Å². The number of aliphatic hydroxyl groups excluding tert-OH is 1. The number of carbonyl (C=O) groups excluding carboxylic acids is 2. The Balaban J connectivity index is 1.62. The zero-order valence-electron chi connectivity index (χ0n) is 19.1. The largest absolute Gasteiger partial charge is 0.503 e. The lowest BCUT2D eigenvalue weighted by molar-refractivity contribution is -0.117. The van der Waals surface area contributed by atoms with Gasteiger partial charge < -0.3 is 14.3 Å². The number of Topliss-reactive ketones (excluding diaryl/α,β-unsaturated/α-hetero) is 1. The van der Waals surface area contributed by atoms with Gasteiger partial charge >= 0.3 is 0 Å². The van der Waals surface area contributed by atoms with E-state index in [-0.39, 0.29) is 11.3 Å². The Morgan fingerprint density at radius 1 is 1.09 bits per heavy atom. The van der Waals surface area contributed by atoms with Crippen LogP contribution in [-0.4, -0.2) is 23.4 Å². The van der Waals surface area contributed by atoms with E-state index in [1.54, 1.807) is 36.4 Å². The standard InChI is InChI=1S/C28H22BrNO5/c1-3-34-21-10-8-20(9-11-21)30-25(17-6-4-5-16(2)13-17)24(27(32)28(30)33)26(31)23-15-18-14-19(29)7-12-22(18)35-23/h4-15,25,32H,3H2,1-2H3. The average Bonchev–Trinajstić information content (AvgIpc) is 3.38. The molecule has 7 heteroatoms. The Morgan fingerprint density at radius 3 is 2.57 bits per heavy atom. The average molecular weight is 532 g/mol. The molecule has 0 bridgehead atoms. The van der Waals surface area contributed by atoms with Gasteiger partial charge in [-0.1, -0.05) is 45.8 Å². The number of furan rings is 1. The second kappa shape index (κ2) is 9.07. The summed E-state index contributed by atoms with van der Waals surface area (Å²) >= 11 is 3.42. The van der Waals surface area contributed by atoms with Gasteiger partial charge in [0.15, 0.2) is 11.5 Å². The van der Waals surface area contributed by atoms with Gasteiger partial charge in [-0.05, 0) is 67.9 Å². The molecular weight excluding hydrogens is 510 g/mol. The highest BCUT2D eigenvalue weighted by Crippen LogP contribution is 2.43. The lowest BCUT2D eigenvalue weighted by Gasteiger charge is -2.27. The predicted octanol–water partition coefficient (Wildman–Crippen LogP) is 6.69. The zero-order chi connectivity index (χ0) is 24.7. The third kappa shape index (κ3) is 4.12. The molecule has 35 heavy (non-hydrogen) atoms. The number of ether oxygens (including phenoxy) is 1. The molecule has 0 fully saturated rings. The van der Waals surface area contributed by atoms with Crippen molar-refractivity contribution < 1.29 is 23.8 Å². The molecule has 1 aliphatic rings. The van der Waals surface area contributed by atoms with Gasteiger partial charge in [0.2, 0.25) is 5.78 Å². The minimum atomic E-state index is -0.826. The lowest BCUT2D eigenvalue weighted by Crippen LogP contribution is -2.31. The summed E-state index contributed by atoms with van der Waals surface area (Å²) in [5.41, 5.74) is 2.73. The second-order valence-corrected chi connectivity index (χ2v) is 9.22.